The number of rotatable bonds is 4. The monoisotopic (exact) mass is 310 g/mol. The molecule has 0 saturated carbocycles. The highest BCUT2D eigenvalue weighted by atomic mass is 32.2. The van der Waals surface area contributed by atoms with Gasteiger partial charge in [0, 0.05) is 19.1 Å². The van der Waals surface area contributed by atoms with Gasteiger partial charge < -0.3 is 5.73 Å². The molecule has 0 spiro atoms. The van der Waals surface area contributed by atoms with Crippen molar-refractivity contribution in [1.29, 1.82) is 0 Å². The van der Waals surface area contributed by atoms with E-state index in [0.29, 0.717) is 23.9 Å². The van der Waals surface area contributed by atoms with Crippen LogP contribution in [0.5, 0.6) is 0 Å². The Balaban J connectivity index is 2.21. The Hall–Kier alpha value is -0.910. The van der Waals surface area contributed by atoms with Crippen LogP contribution in [0.2, 0.25) is 0 Å². The molecule has 0 radical (unpaired) electrons. The molecule has 2 unspecified atom stereocenters. The number of sulfonamides is 1. The van der Waals surface area contributed by atoms with Crippen molar-refractivity contribution in [1.82, 2.24) is 4.31 Å². The van der Waals surface area contributed by atoms with E-state index in [-0.39, 0.29) is 12.0 Å². The van der Waals surface area contributed by atoms with Crippen LogP contribution in [-0.2, 0) is 10.0 Å². The maximum atomic E-state index is 12.7. The predicted octanol–water partition coefficient (Wildman–Crippen LogP) is 2.56. The van der Waals surface area contributed by atoms with E-state index in [1.54, 1.807) is 16.4 Å². The van der Waals surface area contributed by atoms with Gasteiger partial charge in [0.25, 0.3) is 0 Å². The van der Waals surface area contributed by atoms with Crippen molar-refractivity contribution in [2.45, 2.75) is 50.5 Å². The molecule has 21 heavy (non-hydrogen) atoms. The third-order valence-corrected chi connectivity index (χ3v) is 6.34. The molecule has 2 atom stereocenters. The first-order chi connectivity index (χ1) is 9.86. The zero-order chi connectivity index (χ0) is 15.6. The number of benzene rings is 1. The minimum absolute atomic E-state index is 0.116. The fraction of sp³-hybridized carbons (Fsp3) is 0.625. The number of hydrogen-bond acceptors (Lipinski definition) is 3. The van der Waals surface area contributed by atoms with E-state index in [4.69, 9.17) is 5.73 Å². The third-order valence-electron chi connectivity index (χ3n) is 4.46. The van der Waals surface area contributed by atoms with Crippen LogP contribution in [0.1, 0.15) is 45.1 Å². The van der Waals surface area contributed by atoms with Gasteiger partial charge in [-0.15, -0.1) is 0 Å². The first kappa shape index (κ1) is 16.5. The van der Waals surface area contributed by atoms with E-state index in [1.807, 2.05) is 12.1 Å². The number of piperidine rings is 1. The molecule has 1 aliphatic heterocycles. The Labute approximate surface area is 128 Å². The molecule has 118 valence electrons. The van der Waals surface area contributed by atoms with Crippen molar-refractivity contribution < 1.29 is 8.42 Å². The zero-order valence-corrected chi connectivity index (χ0v) is 13.9. The van der Waals surface area contributed by atoms with Gasteiger partial charge in [-0.25, -0.2) is 8.42 Å². The topological polar surface area (TPSA) is 63.4 Å². The molecule has 0 aliphatic carbocycles. The molecule has 4 nitrogen and oxygen atoms in total. The van der Waals surface area contributed by atoms with Gasteiger partial charge >= 0.3 is 0 Å². The van der Waals surface area contributed by atoms with Gasteiger partial charge in [0.2, 0.25) is 10.0 Å². The molecule has 1 fully saturated rings. The second kappa shape index (κ2) is 6.46. The van der Waals surface area contributed by atoms with Crippen molar-refractivity contribution in [3.63, 3.8) is 0 Å². The summed E-state index contributed by atoms with van der Waals surface area (Å²) in [5.41, 5.74) is 7.22. The highest BCUT2D eigenvalue weighted by Crippen LogP contribution is 2.26. The smallest absolute Gasteiger partial charge is 0.243 e. The molecular formula is C16H26N2O2S. The summed E-state index contributed by atoms with van der Waals surface area (Å²) in [5.74, 6) is 0.655. The number of nitrogens with zero attached hydrogens (tertiary/aromatic N) is 1. The summed E-state index contributed by atoms with van der Waals surface area (Å²) >= 11 is 0. The fourth-order valence-electron chi connectivity index (χ4n) is 2.84. The van der Waals surface area contributed by atoms with Crippen molar-refractivity contribution >= 4 is 10.0 Å². The van der Waals surface area contributed by atoms with Gasteiger partial charge in [-0.3, -0.25) is 0 Å². The van der Waals surface area contributed by atoms with Crippen LogP contribution in [0, 0.1) is 5.92 Å². The van der Waals surface area contributed by atoms with Crippen LogP contribution in [-0.4, -0.2) is 31.9 Å². The minimum atomic E-state index is -3.39. The lowest BCUT2D eigenvalue weighted by atomic mass is 9.92. The Morgan fingerprint density at radius 2 is 1.90 bits per heavy atom. The summed E-state index contributed by atoms with van der Waals surface area (Å²) < 4.78 is 27.0. The fourth-order valence-corrected chi connectivity index (χ4v) is 4.35. The molecule has 0 aromatic heterocycles. The first-order valence-electron chi connectivity index (χ1n) is 7.72. The molecule has 1 aromatic rings. The van der Waals surface area contributed by atoms with Gasteiger partial charge in [-0.1, -0.05) is 39.3 Å². The van der Waals surface area contributed by atoms with E-state index in [2.05, 4.69) is 20.8 Å². The van der Waals surface area contributed by atoms with Crippen LogP contribution in [0.3, 0.4) is 0 Å². The quantitative estimate of drug-likeness (QED) is 0.929. The van der Waals surface area contributed by atoms with E-state index in [9.17, 15) is 8.42 Å². The van der Waals surface area contributed by atoms with Crippen LogP contribution in [0.4, 0.5) is 0 Å². The SMILES string of the molecule is CCC1CN(S(=O)(=O)c2ccc(C(C)C)cc2)CCC1N. The number of nitrogens with two attached hydrogens (primary N) is 1. The van der Waals surface area contributed by atoms with Crippen LogP contribution in [0.25, 0.3) is 0 Å². The van der Waals surface area contributed by atoms with Crippen LogP contribution in [0.15, 0.2) is 29.2 Å². The second-order valence-corrected chi connectivity index (χ2v) is 8.15. The molecule has 0 amide bonds. The summed E-state index contributed by atoms with van der Waals surface area (Å²) in [5, 5.41) is 0. The largest absolute Gasteiger partial charge is 0.327 e. The molecule has 2 N–H and O–H groups in total. The summed E-state index contributed by atoms with van der Waals surface area (Å²) in [4.78, 5) is 0.386. The summed E-state index contributed by atoms with van der Waals surface area (Å²) in [6.07, 6.45) is 1.65. The maximum absolute atomic E-state index is 12.7. The Morgan fingerprint density at radius 3 is 2.43 bits per heavy atom. The zero-order valence-electron chi connectivity index (χ0n) is 13.1. The van der Waals surface area contributed by atoms with Gasteiger partial charge in [0.15, 0.2) is 0 Å². The lowest BCUT2D eigenvalue weighted by Crippen LogP contribution is -2.48. The summed E-state index contributed by atoms with van der Waals surface area (Å²) in [6.45, 7) is 7.32. The Bertz CT molecular complexity index is 566. The minimum Gasteiger partial charge on any atom is -0.327 e. The van der Waals surface area contributed by atoms with Gasteiger partial charge in [-0.05, 0) is 36.0 Å². The van der Waals surface area contributed by atoms with Crippen LogP contribution >= 0.6 is 0 Å². The van der Waals surface area contributed by atoms with Gasteiger partial charge in [0.1, 0.15) is 0 Å². The van der Waals surface area contributed by atoms with E-state index in [1.165, 1.54) is 0 Å². The lowest BCUT2D eigenvalue weighted by molar-refractivity contribution is 0.230. The highest BCUT2D eigenvalue weighted by molar-refractivity contribution is 7.89. The molecule has 1 saturated heterocycles. The standard InChI is InChI=1S/C16H26N2O2S/c1-4-13-11-18(10-9-16(13)17)21(19,20)15-7-5-14(6-8-15)12(2)3/h5-8,12-13,16H,4,9-11,17H2,1-3H3. The average molecular weight is 310 g/mol. The van der Waals surface area contributed by atoms with Crippen molar-refractivity contribution in [3.8, 4) is 0 Å². The van der Waals surface area contributed by atoms with Crippen molar-refractivity contribution in [2.75, 3.05) is 13.1 Å². The van der Waals surface area contributed by atoms with Gasteiger partial charge in [-0.2, -0.15) is 4.31 Å². The predicted molar refractivity (Wildman–Crippen MR) is 85.7 cm³/mol. The van der Waals surface area contributed by atoms with Gasteiger partial charge in [0.05, 0.1) is 4.90 Å². The van der Waals surface area contributed by atoms with Crippen LogP contribution < -0.4 is 5.73 Å². The second-order valence-electron chi connectivity index (χ2n) is 6.21. The summed E-state index contributed by atoms with van der Waals surface area (Å²) in [7, 11) is -3.39. The highest BCUT2D eigenvalue weighted by Gasteiger charge is 2.33. The Kier molecular flexibility index (Phi) is 5.07. The first-order valence-corrected chi connectivity index (χ1v) is 9.16. The number of hydrogen-bond donors (Lipinski definition) is 1. The van der Waals surface area contributed by atoms with E-state index < -0.39 is 10.0 Å². The van der Waals surface area contributed by atoms with Crippen molar-refractivity contribution in [2.24, 2.45) is 11.7 Å². The van der Waals surface area contributed by atoms with Crippen molar-refractivity contribution in [3.05, 3.63) is 29.8 Å². The molecule has 0 bridgehead atoms. The molecule has 1 heterocycles. The molecule has 1 aromatic carbocycles. The lowest BCUT2D eigenvalue weighted by Gasteiger charge is -2.35. The molecular weight excluding hydrogens is 284 g/mol. The normalized spacial score (nSPS) is 24.4. The third kappa shape index (κ3) is 3.47. The molecule has 1 aliphatic rings. The van der Waals surface area contributed by atoms with E-state index >= 15 is 0 Å². The maximum Gasteiger partial charge on any atom is 0.243 e. The summed E-state index contributed by atoms with van der Waals surface area (Å²) in [6, 6.07) is 7.37. The Morgan fingerprint density at radius 1 is 1.29 bits per heavy atom. The average Bonchev–Trinajstić information content (AvgIpc) is 2.47. The molecule has 5 heteroatoms. The van der Waals surface area contributed by atoms with E-state index in [0.717, 1.165) is 18.4 Å². The molecule has 2 rings (SSSR count).